The molecule has 1 aliphatic heterocycles. The molecule has 1 fully saturated rings. The van der Waals surface area contributed by atoms with E-state index in [0.29, 0.717) is 19.8 Å². The summed E-state index contributed by atoms with van der Waals surface area (Å²) >= 11 is 0. The molecule has 0 amide bonds. The van der Waals surface area contributed by atoms with E-state index in [1.165, 1.54) is 0 Å². The van der Waals surface area contributed by atoms with Gasteiger partial charge in [-0.2, -0.15) is 0 Å². The molecule has 18 heavy (non-hydrogen) atoms. The molecule has 2 unspecified atom stereocenters. The highest BCUT2D eigenvalue weighted by molar-refractivity contribution is 5.37. The van der Waals surface area contributed by atoms with Crippen LogP contribution in [0.1, 0.15) is 22.7 Å². The number of likely N-dealkylation sites (N-methyl/N-ethyl adjacent to an activating group) is 1. The van der Waals surface area contributed by atoms with Crippen molar-refractivity contribution in [1.82, 2.24) is 5.32 Å². The fourth-order valence-electron chi connectivity index (χ4n) is 2.63. The monoisotopic (exact) mass is 253 g/mol. The molecule has 0 radical (unpaired) electrons. The Morgan fingerprint density at radius 1 is 1.28 bits per heavy atom. The van der Waals surface area contributed by atoms with Crippen molar-refractivity contribution in [2.75, 3.05) is 26.9 Å². The maximum absolute atomic E-state index is 13.3. The first-order chi connectivity index (χ1) is 8.63. The number of nitrogens with one attached hydrogen (secondary N) is 1. The van der Waals surface area contributed by atoms with Crippen LogP contribution >= 0.6 is 0 Å². The fraction of sp³-hybridized carbons (Fsp3) is 0.571. The molecule has 0 bridgehead atoms. The molecule has 0 aliphatic carbocycles. The van der Waals surface area contributed by atoms with Crippen LogP contribution in [0, 0.1) is 19.7 Å². The van der Waals surface area contributed by atoms with Crippen LogP contribution in [0.3, 0.4) is 0 Å². The maximum Gasteiger partial charge on any atom is 0.123 e. The summed E-state index contributed by atoms with van der Waals surface area (Å²) in [6, 6.07) is 3.16. The molecule has 1 N–H and O–H groups in total. The summed E-state index contributed by atoms with van der Waals surface area (Å²) in [5.41, 5.74) is 3.00. The Kier molecular flexibility index (Phi) is 4.32. The standard InChI is InChI=1S/C14H20FNO2/c1-9-6-11(15)7-10(2)13(9)14(16-3)12-8-17-4-5-18-12/h6-7,12,14,16H,4-5,8H2,1-3H3. The van der Waals surface area contributed by atoms with Gasteiger partial charge >= 0.3 is 0 Å². The number of hydrogen-bond donors (Lipinski definition) is 1. The summed E-state index contributed by atoms with van der Waals surface area (Å²) in [7, 11) is 1.89. The molecule has 2 rings (SSSR count). The van der Waals surface area contributed by atoms with Crippen LogP contribution in [0.5, 0.6) is 0 Å². The second-order valence-corrected chi connectivity index (χ2v) is 4.70. The van der Waals surface area contributed by atoms with Gasteiger partial charge in [-0.05, 0) is 49.7 Å². The number of halogens is 1. The Morgan fingerprint density at radius 2 is 1.94 bits per heavy atom. The van der Waals surface area contributed by atoms with Crippen molar-refractivity contribution >= 4 is 0 Å². The predicted molar refractivity (Wildman–Crippen MR) is 68.2 cm³/mol. The van der Waals surface area contributed by atoms with Gasteiger partial charge in [0.1, 0.15) is 11.9 Å². The van der Waals surface area contributed by atoms with Crippen molar-refractivity contribution in [2.24, 2.45) is 0 Å². The lowest BCUT2D eigenvalue weighted by atomic mass is 9.92. The summed E-state index contributed by atoms with van der Waals surface area (Å²) in [6.07, 6.45) is -0.0217. The Labute approximate surface area is 107 Å². The third-order valence-electron chi connectivity index (χ3n) is 3.39. The number of ether oxygens (including phenoxy) is 2. The van der Waals surface area contributed by atoms with Gasteiger partial charge in [-0.15, -0.1) is 0 Å². The van der Waals surface area contributed by atoms with Gasteiger partial charge in [0, 0.05) is 0 Å². The highest BCUT2D eigenvalue weighted by Gasteiger charge is 2.27. The van der Waals surface area contributed by atoms with Crippen LogP contribution in [0.25, 0.3) is 0 Å². The minimum Gasteiger partial charge on any atom is -0.376 e. The van der Waals surface area contributed by atoms with Crippen molar-refractivity contribution in [2.45, 2.75) is 26.0 Å². The molecule has 0 saturated carbocycles. The van der Waals surface area contributed by atoms with Crippen LogP contribution in [-0.2, 0) is 9.47 Å². The summed E-state index contributed by atoms with van der Waals surface area (Å²) in [6.45, 7) is 5.69. The molecule has 1 saturated heterocycles. The number of aryl methyl sites for hydroxylation is 2. The zero-order valence-corrected chi connectivity index (χ0v) is 11.1. The third-order valence-corrected chi connectivity index (χ3v) is 3.39. The molecule has 100 valence electrons. The lowest BCUT2D eigenvalue weighted by Gasteiger charge is -2.32. The molecule has 3 nitrogen and oxygen atoms in total. The molecular formula is C14H20FNO2. The quantitative estimate of drug-likeness (QED) is 0.895. The molecule has 0 aromatic heterocycles. The smallest absolute Gasteiger partial charge is 0.123 e. The largest absolute Gasteiger partial charge is 0.376 e. The number of hydrogen-bond acceptors (Lipinski definition) is 3. The normalized spacial score (nSPS) is 21.9. The van der Waals surface area contributed by atoms with Gasteiger partial charge in [-0.25, -0.2) is 4.39 Å². The number of rotatable bonds is 3. The number of benzene rings is 1. The van der Waals surface area contributed by atoms with E-state index in [0.717, 1.165) is 16.7 Å². The topological polar surface area (TPSA) is 30.5 Å². The highest BCUT2D eigenvalue weighted by atomic mass is 19.1. The zero-order valence-electron chi connectivity index (χ0n) is 11.1. The molecule has 1 aromatic carbocycles. The van der Waals surface area contributed by atoms with Gasteiger partial charge in [-0.1, -0.05) is 0 Å². The van der Waals surface area contributed by atoms with Gasteiger partial charge in [-0.3, -0.25) is 0 Å². The molecular weight excluding hydrogens is 233 g/mol. The van der Waals surface area contributed by atoms with E-state index in [9.17, 15) is 4.39 Å². The minimum atomic E-state index is -0.190. The molecule has 1 aliphatic rings. The second-order valence-electron chi connectivity index (χ2n) is 4.70. The van der Waals surface area contributed by atoms with Crippen molar-refractivity contribution in [1.29, 1.82) is 0 Å². The van der Waals surface area contributed by atoms with Crippen LogP contribution in [0.2, 0.25) is 0 Å². The Balaban J connectivity index is 2.32. The summed E-state index contributed by atoms with van der Waals surface area (Å²) in [5.74, 6) is -0.190. The van der Waals surface area contributed by atoms with E-state index in [-0.39, 0.29) is 18.0 Å². The summed E-state index contributed by atoms with van der Waals surface area (Å²) in [4.78, 5) is 0. The van der Waals surface area contributed by atoms with E-state index < -0.39 is 0 Å². The Bertz CT molecular complexity index is 393. The predicted octanol–water partition coefficient (Wildman–Crippen LogP) is 2.12. The van der Waals surface area contributed by atoms with E-state index in [2.05, 4.69) is 5.32 Å². The van der Waals surface area contributed by atoms with E-state index in [4.69, 9.17) is 9.47 Å². The van der Waals surface area contributed by atoms with Crippen LogP contribution in [0.15, 0.2) is 12.1 Å². The second kappa shape index (κ2) is 5.78. The minimum absolute atomic E-state index is 0.0217. The van der Waals surface area contributed by atoms with Crippen LogP contribution < -0.4 is 5.32 Å². The van der Waals surface area contributed by atoms with E-state index in [1.54, 1.807) is 12.1 Å². The van der Waals surface area contributed by atoms with Crippen LogP contribution in [-0.4, -0.2) is 33.0 Å². The van der Waals surface area contributed by atoms with Crippen molar-refractivity contribution in [3.05, 3.63) is 34.6 Å². The molecule has 0 spiro atoms. The van der Waals surface area contributed by atoms with Gasteiger partial charge in [0.05, 0.1) is 25.9 Å². The molecule has 1 heterocycles. The molecule has 2 atom stereocenters. The highest BCUT2D eigenvalue weighted by Crippen LogP contribution is 2.28. The average molecular weight is 253 g/mol. The first kappa shape index (κ1) is 13.5. The Morgan fingerprint density at radius 3 is 2.44 bits per heavy atom. The average Bonchev–Trinajstić information content (AvgIpc) is 2.34. The summed E-state index contributed by atoms with van der Waals surface area (Å²) in [5, 5.41) is 3.26. The summed E-state index contributed by atoms with van der Waals surface area (Å²) < 4.78 is 24.5. The fourth-order valence-corrected chi connectivity index (χ4v) is 2.63. The van der Waals surface area contributed by atoms with Crippen LogP contribution in [0.4, 0.5) is 4.39 Å². The van der Waals surface area contributed by atoms with E-state index >= 15 is 0 Å². The van der Waals surface area contributed by atoms with Gasteiger partial charge in [0.25, 0.3) is 0 Å². The van der Waals surface area contributed by atoms with Crippen molar-refractivity contribution < 1.29 is 13.9 Å². The maximum atomic E-state index is 13.3. The SMILES string of the molecule is CNC(c1c(C)cc(F)cc1C)C1COCCO1. The third kappa shape index (κ3) is 2.71. The van der Waals surface area contributed by atoms with E-state index in [1.807, 2.05) is 20.9 Å². The first-order valence-electron chi connectivity index (χ1n) is 6.26. The lowest BCUT2D eigenvalue weighted by Crippen LogP contribution is -2.40. The Hall–Kier alpha value is -0.970. The molecule has 4 heteroatoms. The zero-order chi connectivity index (χ0) is 13.1. The van der Waals surface area contributed by atoms with Gasteiger partial charge in [0.15, 0.2) is 0 Å². The van der Waals surface area contributed by atoms with Gasteiger partial charge < -0.3 is 14.8 Å². The van der Waals surface area contributed by atoms with Crippen molar-refractivity contribution in [3.63, 3.8) is 0 Å². The van der Waals surface area contributed by atoms with Crippen molar-refractivity contribution in [3.8, 4) is 0 Å². The first-order valence-corrected chi connectivity index (χ1v) is 6.26. The molecule has 1 aromatic rings. The lowest BCUT2D eigenvalue weighted by molar-refractivity contribution is -0.101. The van der Waals surface area contributed by atoms with Gasteiger partial charge in [0.2, 0.25) is 0 Å².